The first kappa shape index (κ1) is 12.0. The van der Waals surface area contributed by atoms with Gasteiger partial charge in [0, 0.05) is 25.0 Å². The van der Waals surface area contributed by atoms with Gasteiger partial charge in [-0.05, 0) is 44.4 Å². The number of nitrogens with two attached hydrogens (primary N) is 1. The first-order valence-electron chi connectivity index (χ1n) is 6.12. The Balaban J connectivity index is 2.06. The van der Waals surface area contributed by atoms with Gasteiger partial charge in [0.1, 0.15) is 0 Å². The van der Waals surface area contributed by atoms with E-state index in [1.165, 1.54) is 0 Å². The summed E-state index contributed by atoms with van der Waals surface area (Å²) in [4.78, 5) is 18.3. The van der Waals surface area contributed by atoms with E-state index in [4.69, 9.17) is 5.73 Å². The van der Waals surface area contributed by atoms with Crippen LogP contribution in [0.2, 0.25) is 0 Å². The predicted octanol–water partition coefficient (Wildman–Crippen LogP) is 1.20. The number of hydrogen-bond acceptors (Lipinski definition) is 3. The molecule has 1 aromatic rings. The molecular formula is C13H19N3O. The van der Waals surface area contributed by atoms with Crippen LogP contribution in [0.1, 0.15) is 28.9 Å². The molecule has 4 nitrogen and oxygen atoms in total. The Morgan fingerprint density at radius 3 is 3.06 bits per heavy atom. The Labute approximate surface area is 102 Å². The fraction of sp³-hybridized carbons (Fsp3) is 0.538. The fourth-order valence-electron chi connectivity index (χ4n) is 2.22. The van der Waals surface area contributed by atoms with Gasteiger partial charge < -0.3 is 10.6 Å². The number of likely N-dealkylation sites (tertiary alicyclic amines) is 1. The van der Waals surface area contributed by atoms with E-state index in [2.05, 4.69) is 4.98 Å². The van der Waals surface area contributed by atoms with Crippen molar-refractivity contribution in [3.8, 4) is 0 Å². The number of carbonyl (C=O) groups excluding carboxylic acids is 1. The van der Waals surface area contributed by atoms with Crippen LogP contribution in [-0.2, 0) is 0 Å². The maximum absolute atomic E-state index is 12.2. The van der Waals surface area contributed by atoms with E-state index < -0.39 is 0 Å². The van der Waals surface area contributed by atoms with Crippen molar-refractivity contribution in [1.29, 1.82) is 0 Å². The summed E-state index contributed by atoms with van der Waals surface area (Å²) in [7, 11) is 0. The number of amides is 1. The monoisotopic (exact) mass is 233 g/mol. The zero-order valence-corrected chi connectivity index (χ0v) is 10.2. The summed E-state index contributed by atoms with van der Waals surface area (Å²) < 4.78 is 0. The number of hydrogen-bond donors (Lipinski definition) is 1. The van der Waals surface area contributed by atoms with Crippen molar-refractivity contribution < 1.29 is 4.79 Å². The number of pyridine rings is 1. The minimum atomic E-state index is 0.0793. The van der Waals surface area contributed by atoms with Gasteiger partial charge in [-0.25, -0.2) is 0 Å². The highest BCUT2D eigenvalue weighted by atomic mass is 16.2. The van der Waals surface area contributed by atoms with Crippen LogP contribution in [0, 0.1) is 12.8 Å². The van der Waals surface area contributed by atoms with Crippen LogP contribution < -0.4 is 5.73 Å². The summed E-state index contributed by atoms with van der Waals surface area (Å²) in [6.07, 6.45) is 3.84. The van der Waals surface area contributed by atoms with Gasteiger partial charge >= 0.3 is 0 Å². The molecule has 92 valence electrons. The molecule has 1 unspecified atom stereocenters. The van der Waals surface area contributed by atoms with Gasteiger partial charge in [0.2, 0.25) is 0 Å². The lowest BCUT2D eigenvalue weighted by molar-refractivity contribution is 0.0678. The molecule has 4 heteroatoms. The lowest BCUT2D eigenvalue weighted by Gasteiger charge is -2.32. The minimum absolute atomic E-state index is 0.0793. The lowest BCUT2D eigenvalue weighted by atomic mass is 9.98. The van der Waals surface area contributed by atoms with E-state index in [0.29, 0.717) is 18.0 Å². The van der Waals surface area contributed by atoms with E-state index >= 15 is 0 Å². The summed E-state index contributed by atoms with van der Waals surface area (Å²) in [6.45, 7) is 4.20. The molecule has 0 saturated carbocycles. The highest BCUT2D eigenvalue weighted by Gasteiger charge is 2.23. The van der Waals surface area contributed by atoms with Gasteiger partial charge in [-0.3, -0.25) is 9.78 Å². The molecule has 17 heavy (non-hydrogen) atoms. The topological polar surface area (TPSA) is 59.2 Å². The maximum atomic E-state index is 12.2. The van der Waals surface area contributed by atoms with Crippen molar-refractivity contribution in [2.24, 2.45) is 11.7 Å². The predicted molar refractivity (Wildman–Crippen MR) is 66.7 cm³/mol. The largest absolute Gasteiger partial charge is 0.338 e. The van der Waals surface area contributed by atoms with Crippen molar-refractivity contribution in [3.63, 3.8) is 0 Å². The van der Waals surface area contributed by atoms with Gasteiger partial charge in [-0.15, -0.1) is 0 Å². The molecule has 2 rings (SSSR count). The Kier molecular flexibility index (Phi) is 3.74. The standard InChI is InChI=1S/C13H19N3O/c1-10-4-5-12(8-15-10)13(17)16-6-2-3-11(7-14)9-16/h4-5,8,11H,2-3,6-7,9,14H2,1H3. The quantitative estimate of drug-likeness (QED) is 0.835. The Morgan fingerprint density at radius 1 is 1.59 bits per heavy atom. The van der Waals surface area contributed by atoms with Crippen molar-refractivity contribution in [3.05, 3.63) is 29.6 Å². The Morgan fingerprint density at radius 2 is 2.41 bits per heavy atom. The molecule has 0 aromatic carbocycles. The number of rotatable bonds is 2. The van der Waals surface area contributed by atoms with E-state index in [0.717, 1.165) is 31.6 Å². The first-order valence-corrected chi connectivity index (χ1v) is 6.12. The van der Waals surface area contributed by atoms with Gasteiger partial charge in [0.25, 0.3) is 5.91 Å². The van der Waals surface area contributed by atoms with Crippen LogP contribution in [0.3, 0.4) is 0 Å². The normalized spacial score (nSPS) is 20.4. The number of carbonyl (C=O) groups is 1. The third kappa shape index (κ3) is 2.82. The van der Waals surface area contributed by atoms with E-state index in [1.807, 2.05) is 24.0 Å². The van der Waals surface area contributed by atoms with Crippen LogP contribution in [0.5, 0.6) is 0 Å². The number of nitrogens with zero attached hydrogens (tertiary/aromatic N) is 2. The van der Waals surface area contributed by atoms with Crippen LogP contribution in [0.4, 0.5) is 0 Å². The molecule has 2 N–H and O–H groups in total. The van der Waals surface area contributed by atoms with E-state index in [9.17, 15) is 4.79 Å². The summed E-state index contributed by atoms with van der Waals surface area (Å²) in [5, 5.41) is 0. The van der Waals surface area contributed by atoms with Crippen molar-refractivity contribution in [2.45, 2.75) is 19.8 Å². The zero-order valence-electron chi connectivity index (χ0n) is 10.2. The third-order valence-electron chi connectivity index (χ3n) is 3.30. The molecule has 1 aliphatic heterocycles. The molecule has 0 bridgehead atoms. The summed E-state index contributed by atoms with van der Waals surface area (Å²) in [5.41, 5.74) is 7.28. The zero-order chi connectivity index (χ0) is 12.3. The fourth-order valence-corrected chi connectivity index (χ4v) is 2.22. The van der Waals surface area contributed by atoms with Crippen LogP contribution >= 0.6 is 0 Å². The maximum Gasteiger partial charge on any atom is 0.255 e. The van der Waals surface area contributed by atoms with E-state index in [1.54, 1.807) is 6.20 Å². The van der Waals surface area contributed by atoms with Crippen molar-refractivity contribution in [1.82, 2.24) is 9.88 Å². The van der Waals surface area contributed by atoms with Gasteiger partial charge in [0.15, 0.2) is 0 Å². The second-order valence-electron chi connectivity index (χ2n) is 4.68. The molecule has 1 aromatic heterocycles. The third-order valence-corrected chi connectivity index (χ3v) is 3.30. The molecule has 1 fully saturated rings. The number of aryl methyl sites for hydroxylation is 1. The molecule has 0 aliphatic carbocycles. The summed E-state index contributed by atoms with van der Waals surface area (Å²) in [5.74, 6) is 0.529. The summed E-state index contributed by atoms with van der Waals surface area (Å²) >= 11 is 0. The average Bonchev–Trinajstić information content (AvgIpc) is 2.39. The minimum Gasteiger partial charge on any atom is -0.338 e. The van der Waals surface area contributed by atoms with Crippen LogP contribution in [-0.4, -0.2) is 35.4 Å². The average molecular weight is 233 g/mol. The van der Waals surface area contributed by atoms with Crippen LogP contribution in [0.25, 0.3) is 0 Å². The highest BCUT2D eigenvalue weighted by Crippen LogP contribution is 2.17. The Bertz CT molecular complexity index is 388. The van der Waals surface area contributed by atoms with Gasteiger partial charge in [0.05, 0.1) is 5.56 Å². The molecule has 1 saturated heterocycles. The SMILES string of the molecule is Cc1ccc(C(=O)N2CCCC(CN)C2)cn1. The van der Waals surface area contributed by atoms with Crippen molar-refractivity contribution in [2.75, 3.05) is 19.6 Å². The molecule has 1 amide bonds. The van der Waals surface area contributed by atoms with Crippen molar-refractivity contribution >= 4 is 5.91 Å². The first-order chi connectivity index (χ1) is 8.20. The lowest BCUT2D eigenvalue weighted by Crippen LogP contribution is -2.42. The number of piperidine rings is 1. The smallest absolute Gasteiger partial charge is 0.255 e. The second kappa shape index (κ2) is 5.27. The van der Waals surface area contributed by atoms with E-state index in [-0.39, 0.29) is 5.91 Å². The molecule has 0 spiro atoms. The molecule has 2 heterocycles. The molecule has 0 radical (unpaired) electrons. The Hall–Kier alpha value is -1.42. The van der Waals surface area contributed by atoms with Crippen LogP contribution in [0.15, 0.2) is 18.3 Å². The van der Waals surface area contributed by atoms with Gasteiger partial charge in [-0.1, -0.05) is 0 Å². The molecule has 1 aliphatic rings. The second-order valence-corrected chi connectivity index (χ2v) is 4.68. The molecular weight excluding hydrogens is 214 g/mol. The summed E-state index contributed by atoms with van der Waals surface area (Å²) in [6, 6.07) is 3.72. The number of aromatic nitrogens is 1. The molecule has 1 atom stereocenters. The highest BCUT2D eigenvalue weighted by molar-refractivity contribution is 5.94. The van der Waals surface area contributed by atoms with Gasteiger partial charge in [-0.2, -0.15) is 0 Å².